The van der Waals surface area contributed by atoms with Gasteiger partial charge in [0.1, 0.15) is 29.8 Å². The average molecular weight is 686 g/mol. The lowest BCUT2D eigenvalue weighted by Gasteiger charge is -2.27. The molecule has 48 heavy (non-hydrogen) atoms. The number of alkyl halides is 3. The molecule has 4 atom stereocenters. The van der Waals surface area contributed by atoms with Gasteiger partial charge in [-0.05, 0) is 31.4 Å². The molecule has 0 spiro atoms. The molecule has 262 valence electrons. The van der Waals surface area contributed by atoms with E-state index in [0.29, 0.717) is 0 Å². The van der Waals surface area contributed by atoms with E-state index in [-0.39, 0.29) is 11.8 Å². The third kappa shape index (κ3) is 11.4. The predicted molar refractivity (Wildman–Crippen MR) is 159 cm³/mol. The molecule has 0 bridgehead atoms. The Morgan fingerprint density at radius 3 is 1.98 bits per heavy atom. The second kappa shape index (κ2) is 16.4. The van der Waals surface area contributed by atoms with Gasteiger partial charge in [0.25, 0.3) is 0 Å². The van der Waals surface area contributed by atoms with Gasteiger partial charge in [-0.2, -0.15) is 13.2 Å². The average Bonchev–Trinajstić information content (AvgIpc) is 2.95. The van der Waals surface area contributed by atoms with E-state index in [2.05, 4.69) is 26.6 Å². The van der Waals surface area contributed by atoms with Gasteiger partial charge in [-0.3, -0.25) is 33.6 Å². The molecule has 16 nitrogen and oxygen atoms in total. The molecule has 0 saturated carbocycles. The molecule has 0 aliphatic rings. The number of anilines is 1. The van der Waals surface area contributed by atoms with Gasteiger partial charge in [-0.25, -0.2) is 4.79 Å². The standard InChI is InChI=1S/C29H34F3N5O11/c1-12(2)24(37-26(45)18(7-8-21(39)40)35-25(44)13(3)33-14(4)38)28(47)36-19(11-22(41)42)27(46)34-15-5-6-16-17(29(30,31)32)10-23(43)48-20(16)9-15/h5-6,9-10,12-13,18-19,24H,7-8,11H2,1-4H3,(H,33,38)(H,34,46)(H,35,44)(H,36,47)(H,37,45)(H,39,40)(H,41,42)/t13-,18-,19-,24-/m0/s1. The number of fused-ring (bicyclic) bond motifs is 1. The number of halogens is 3. The van der Waals surface area contributed by atoms with E-state index in [4.69, 9.17) is 9.52 Å². The number of carbonyl (C=O) groups is 7. The van der Waals surface area contributed by atoms with E-state index >= 15 is 0 Å². The number of nitrogens with one attached hydrogen (secondary N) is 5. The summed E-state index contributed by atoms with van der Waals surface area (Å²) >= 11 is 0. The first kappa shape index (κ1) is 38.7. The molecule has 0 unspecified atom stereocenters. The number of carbonyl (C=O) groups excluding carboxylic acids is 5. The summed E-state index contributed by atoms with van der Waals surface area (Å²) in [5.41, 5.74) is -3.34. The van der Waals surface area contributed by atoms with Crippen molar-refractivity contribution in [3.63, 3.8) is 0 Å². The minimum Gasteiger partial charge on any atom is -0.481 e. The van der Waals surface area contributed by atoms with Gasteiger partial charge in [0.2, 0.25) is 29.5 Å². The van der Waals surface area contributed by atoms with E-state index in [0.717, 1.165) is 25.1 Å². The third-order valence-corrected chi connectivity index (χ3v) is 6.67. The van der Waals surface area contributed by atoms with E-state index in [1.165, 1.54) is 20.8 Å². The van der Waals surface area contributed by atoms with Crippen LogP contribution in [0.1, 0.15) is 52.5 Å². The van der Waals surface area contributed by atoms with Crippen LogP contribution in [0.5, 0.6) is 0 Å². The number of amides is 5. The van der Waals surface area contributed by atoms with E-state index in [1.54, 1.807) is 0 Å². The van der Waals surface area contributed by atoms with Gasteiger partial charge in [0, 0.05) is 36.6 Å². The van der Waals surface area contributed by atoms with Crippen LogP contribution in [0, 0.1) is 5.92 Å². The minimum atomic E-state index is -4.90. The van der Waals surface area contributed by atoms with Crippen molar-refractivity contribution < 1.29 is 61.4 Å². The van der Waals surface area contributed by atoms with Crippen LogP contribution in [0.15, 0.2) is 33.5 Å². The largest absolute Gasteiger partial charge is 0.481 e. The minimum absolute atomic E-state index is 0.209. The van der Waals surface area contributed by atoms with Crippen LogP contribution in [0.25, 0.3) is 11.0 Å². The van der Waals surface area contributed by atoms with Crippen molar-refractivity contribution in [1.29, 1.82) is 0 Å². The summed E-state index contributed by atoms with van der Waals surface area (Å²) in [7, 11) is 0. The zero-order valence-electron chi connectivity index (χ0n) is 26.0. The molecule has 0 saturated heterocycles. The Kier molecular flexibility index (Phi) is 13.2. The molecule has 1 aromatic carbocycles. The summed E-state index contributed by atoms with van der Waals surface area (Å²) in [5.74, 6) is -8.10. The molecular weight excluding hydrogens is 651 g/mol. The van der Waals surface area contributed by atoms with Gasteiger partial charge < -0.3 is 41.2 Å². The topological polar surface area (TPSA) is 250 Å². The maximum Gasteiger partial charge on any atom is 0.417 e. The lowest BCUT2D eigenvalue weighted by molar-refractivity contribution is -0.141. The van der Waals surface area contributed by atoms with Crippen molar-refractivity contribution in [2.45, 2.75) is 77.3 Å². The van der Waals surface area contributed by atoms with Crippen LogP contribution in [-0.2, 0) is 39.7 Å². The molecule has 0 aliphatic heterocycles. The molecule has 7 N–H and O–H groups in total. The molecule has 19 heteroatoms. The molecule has 0 fully saturated rings. The number of hydrogen-bond acceptors (Lipinski definition) is 9. The van der Waals surface area contributed by atoms with Crippen molar-refractivity contribution in [1.82, 2.24) is 21.3 Å². The Labute approximate surface area is 269 Å². The Hall–Kier alpha value is -5.49. The van der Waals surface area contributed by atoms with Gasteiger partial charge in [0.15, 0.2) is 0 Å². The van der Waals surface area contributed by atoms with Gasteiger partial charge in [0.05, 0.1) is 12.0 Å². The summed E-state index contributed by atoms with van der Waals surface area (Å²) < 4.78 is 44.9. The Bertz CT molecular complexity index is 1640. The first-order chi connectivity index (χ1) is 22.2. The van der Waals surface area contributed by atoms with Gasteiger partial charge in [-0.15, -0.1) is 0 Å². The summed E-state index contributed by atoms with van der Waals surface area (Å²) in [6, 6.07) is -2.72. The predicted octanol–water partition coefficient (Wildman–Crippen LogP) is 0.725. The number of rotatable bonds is 15. The fraction of sp³-hybridized carbons (Fsp3) is 0.448. The highest BCUT2D eigenvalue weighted by atomic mass is 19.4. The van der Waals surface area contributed by atoms with E-state index in [1.807, 2.05) is 0 Å². The van der Waals surface area contributed by atoms with Gasteiger partial charge >= 0.3 is 23.7 Å². The molecule has 1 heterocycles. The SMILES string of the molecule is CC(=O)N[C@@H](C)C(=O)N[C@@H](CCC(=O)O)C(=O)N[C@H](C(=O)N[C@@H](CC(=O)O)C(=O)Nc1ccc2c(C(F)(F)F)cc(=O)oc2c1)C(C)C. The number of carboxylic acids is 2. The molecule has 5 amide bonds. The molecule has 2 rings (SSSR count). The lowest BCUT2D eigenvalue weighted by atomic mass is 10.0. The monoisotopic (exact) mass is 685 g/mol. The van der Waals surface area contributed by atoms with Crippen molar-refractivity contribution in [2.24, 2.45) is 5.92 Å². The van der Waals surface area contributed by atoms with Crippen molar-refractivity contribution >= 4 is 58.1 Å². The second-order valence-corrected chi connectivity index (χ2v) is 11.0. The number of aliphatic carboxylic acids is 2. The number of carboxylic acid groups (broad SMARTS) is 2. The van der Waals surface area contributed by atoms with Crippen molar-refractivity contribution in [3.05, 3.63) is 40.2 Å². The van der Waals surface area contributed by atoms with Crippen molar-refractivity contribution in [2.75, 3.05) is 5.32 Å². The maximum absolute atomic E-state index is 13.4. The zero-order chi connectivity index (χ0) is 36.5. The highest BCUT2D eigenvalue weighted by Gasteiger charge is 2.35. The first-order valence-corrected chi connectivity index (χ1v) is 14.3. The summed E-state index contributed by atoms with van der Waals surface area (Å²) in [4.78, 5) is 97.7. The fourth-order valence-corrected chi connectivity index (χ4v) is 4.34. The summed E-state index contributed by atoms with van der Waals surface area (Å²) in [5, 5.41) is 29.4. The van der Waals surface area contributed by atoms with Crippen LogP contribution in [-0.4, -0.2) is 75.9 Å². The Morgan fingerprint density at radius 1 is 0.812 bits per heavy atom. The highest BCUT2D eigenvalue weighted by Crippen LogP contribution is 2.34. The molecule has 2 aromatic rings. The van der Waals surface area contributed by atoms with Crippen LogP contribution in [0.3, 0.4) is 0 Å². The molecule has 1 aromatic heterocycles. The molecular formula is C29H34F3N5O11. The Balaban J connectivity index is 2.28. The normalized spacial score (nSPS) is 13.8. The Morgan fingerprint density at radius 2 is 1.44 bits per heavy atom. The smallest absolute Gasteiger partial charge is 0.417 e. The van der Waals surface area contributed by atoms with Gasteiger partial charge in [-0.1, -0.05) is 13.8 Å². The molecule has 0 aliphatic carbocycles. The van der Waals surface area contributed by atoms with E-state index < -0.39 is 119 Å². The number of benzene rings is 1. The highest BCUT2D eigenvalue weighted by molar-refractivity contribution is 6.01. The fourth-order valence-electron chi connectivity index (χ4n) is 4.34. The zero-order valence-corrected chi connectivity index (χ0v) is 26.0. The molecule has 0 radical (unpaired) electrons. The summed E-state index contributed by atoms with van der Waals surface area (Å²) in [6.07, 6.45) is -6.85. The first-order valence-electron chi connectivity index (χ1n) is 14.3. The van der Waals surface area contributed by atoms with Crippen molar-refractivity contribution in [3.8, 4) is 0 Å². The number of hydrogen-bond donors (Lipinski definition) is 7. The van der Waals surface area contributed by atoms with Crippen LogP contribution in [0.2, 0.25) is 0 Å². The van der Waals surface area contributed by atoms with Crippen LogP contribution >= 0.6 is 0 Å². The van der Waals surface area contributed by atoms with E-state index in [9.17, 15) is 56.6 Å². The quantitative estimate of drug-likeness (QED) is 0.129. The van der Waals surface area contributed by atoms with Crippen LogP contribution in [0.4, 0.5) is 18.9 Å². The second-order valence-electron chi connectivity index (χ2n) is 11.0. The maximum atomic E-state index is 13.4. The third-order valence-electron chi connectivity index (χ3n) is 6.67. The summed E-state index contributed by atoms with van der Waals surface area (Å²) in [6.45, 7) is 5.43. The lowest BCUT2D eigenvalue weighted by Crippen LogP contribution is -2.59. The van der Waals surface area contributed by atoms with Crippen LogP contribution < -0.4 is 32.2 Å².